The first-order chi connectivity index (χ1) is 7.70. The zero-order valence-electron chi connectivity index (χ0n) is 8.94. The lowest BCUT2D eigenvalue weighted by Crippen LogP contribution is -2.10. The minimum Gasteiger partial charge on any atom is -0.322 e. The van der Waals surface area contributed by atoms with Crippen molar-refractivity contribution in [3.05, 3.63) is 28.2 Å². The van der Waals surface area contributed by atoms with Crippen LogP contribution in [0.15, 0.2) is 18.2 Å². The molecule has 1 aromatic carbocycles. The number of halogens is 1. The van der Waals surface area contributed by atoms with Crippen LogP contribution in [0.1, 0.15) is 17.5 Å². The van der Waals surface area contributed by atoms with Crippen molar-refractivity contribution in [3.8, 4) is 0 Å². The van der Waals surface area contributed by atoms with Gasteiger partial charge in [0.2, 0.25) is 0 Å². The molecule has 1 atom stereocenters. The summed E-state index contributed by atoms with van der Waals surface area (Å²) in [4.78, 5) is 4.53. The van der Waals surface area contributed by atoms with Gasteiger partial charge in [0.05, 0.1) is 16.3 Å². The van der Waals surface area contributed by atoms with E-state index in [0.29, 0.717) is 0 Å². The SMILES string of the molecule is CSCCC(N)c1nc2cc(Cl)ccc2s1. The molecule has 0 spiro atoms. The molecular formula is C11H13ClN2S2. The highest BCUT2D eigenvalue weighted by Crippen LogP contribution is 2.29. The number of nitrogens with two attached hydrogens (primary N) is 1. The summed E-state index contributed by atoms with van der Waals surface area (Å²) >= 11 is 9.39. The number of thioether (sulfide) groups is 1. The molecule has 0 saturated carbocycles. The molecule has 0 fully saturated rings. The van der Waals surface area contributed by atoms with Crippen molar-refractivity contribution < 1.29 is 0 Å². The Labute approximate surface area is 108 Å². The molecule has 2 nitrogen and oxygen atoms in total. The van der Waals surface area contributed by atoms with E-state index in [2.05, 4.69) is 11.2 Å². The zero-order chi connectivity index (χ0) is 11.5. The Balaban J connectivity index is 2.25. The van der Waals surface area contributed by atoms with Crippen LogP contribution >= 0.6 is 34.7 Å². The molecule has 86 valence electrons. The van der Waals surface area contributed by atoms with Gasteiger partial charge in [-0.3, -0.25) is 0 Å². The first kappa shape index (κ1) is 12.2. The fourth-order valence-corrected chi connectivity index (χ4v) is 3.09. The van der Waals surface area contributed by atoms with Gasteiger partial charge in [0.1, 0.15) is 5.01 Å². The summed E-state index contributed by atoms with van der Waals surface area (Å²) in [6, 6.07) is 5.82. The largest absolute Gasteiger partial charge is 0.322 e. The van der Waals surface area contributed by atoms with E-state index in [-0.39, 0.29) is 6.04 Å². The molecule has 0 saturated heterocycles. The molecule has 5 heteroatoms. The Hall–Kier alpha value is -0.290. The van der Waals surface area contributed by atoms with E-state index >= 15 is 0 Å². The van der Waals surface area contributed by atoms with Crippen molar-refractivity contribution >= 4 is 44.9 Å². The second-order valence-electron chi connectivity index (χ2n) is 3.55. The first-order valence-corrected chi connectivity index (χ1v) is 7.60. The lowest BCUT2D eigenvalue weighted by Gasteiger charge is -2.05. The number of hydrogen-bond acceptors (Lipinski definition) is 4. The number of hydrogen-bond donors (Lipinski definition) is 1. The van der Waals surface area contributed by atoms with Gasteiger partial charge in [-0.25, -0.2) is 4.98 Å². The van der Waals surface area contributed by atoms with Crippen LogP contribution in [-0.2, 0) is 0 Å². The highest BCUT2D eigenvalue weighted by atomic mass is 35.5. The van der Waals surface area contributed by atoms with Crippen molar-refractivity contribution in [2.24, 2.45) is 5.73 Å². The van der Waals surface area contributed by atoms with Crippen LogP contribution in [0.3, 0.4) is 0 Å². The van der Waals surface area contributed by atoms with Crippen LogP contribution in [0.5, 0.6) is 0 Å². The second kappa shape index (κ2) is 5.36. The smallest absolute Gasteiger partial charge is 0.111 e. The topological polar surface area (TPSA) is 38.9 Å². The van der Waals surface area contributed by atoms with Gasteiger partial charge in [0.25, 0.3) is 0 Å². The molecule has 1 unspecified atom stereocenters. The monoisotopic (exact) mass is 272 g/mol. The normalized spacial score (nSPS) is 13.2. The van der Waals surface area contributed by atoms with Crippen molar-refractivity contribution in [3.63, 3.8) is 0 Å². The molecule has 0 aliphatic heterocycles. The van der Waals surface area contributed by atoms with E-state index in [1.165, 1.54) is 0 Å². The predicted octanol–water partition coefficient (Wildman–Crippen LogP) is 3.70. The van der Waals surface area contributed by atoms with Gasteiger partial charge in [-0.15, -0.1) is 11.3 Å². The highest BCUT2D eigenvalue weighted by molar-refractivity contribution is 7.98. The fraction of sp³-hybridized carbons (Fsp3) is 0.364. The van der Waals surface area contributed by atoms with Crippen molar-refractivity contribution in [1.82, 2.24) is 4.98 Å². The minimum atomic E-state index is 0.0450. The summed E-state index contributed by atoms with van der Waals surface area (Å²) < 4.78 is 1.15. The molecule has 1 heterocycles. The molecule has 0 aliphatic rings. The summed E-state index contributed by atoms with van der Waals surface area (Å²) in [6.45, 7) is 0. The molecule has 2 rings (SSSR count). The van der Waals surface area contributed by atoms with Gasteiger partial charge in [0.15, 0.2) is 0 Å². The molecule has 0 amide bonds. The molecule has 0 radical (unpaired) electrons. The highest BCUT2D eigenvalue weighted by Gasteiger charge is 2.11. The summed E-state index contributed by atoms with van der Waals surface area (Å²) in [6.07, 6.45) is 3.06. The molecular weight excluding hydrogens is 260 g/mol. The molecule has 1 aromatic heterocycles. The zero-order valence-corrected chi connectivity index (χ0v) is 11.3. The third-order valence-electron chi connectivity index (χ3n) is 2.32. The van der Waals surface area contributed by atoms with Crippen molar-refractivity contribution in [2.45, 2.75) is 12.5 Å². The summed E-state index contributed by atoms with van der Waals surface area (Å²) in [5.74, 6) is 1.07. The van der Waals surface area contributed by atoms with Crippen LogP contribution in [0, 0.1) is 0 Å². The molecule has 2 N–H and O–H groups in total. The molecule has 0 bridgehead atoms. The Morgan fingerprint density at radius 3 is 3.12 bits per heavy atom. The van der Waals surface area contributed by atoms with Gasteiger partial charge in [0, 0.05) is 5.02 Å². The summed E-state index contributed by atoms with van der Waals surface area (Å²) in [7, 11) is 0. The van der Waals surface area contributed by atoms with Gasteiger partial charge < -0.3 is 5.73 Å². The number of fused-ring (bicyclic) bond motifs is 1. The van der Waals surface area contributed by atoms with E-state index < -0.39 is 0 Å². The number of benzene rings is 1. The molecule has 0 aliphatic carbocycles. The van der Waals surface area contributed by atoms with E-state index in [1.807, 2.05) is 30.0 Å². The van der Waals surface area contributed by atoms with Crippen LogP contribution < -0.4 is 5.73 Å². The molecule has 2 aromatic rings. The molecule has 16 heavy (non-hydrogen) atoms. The fourth-order valence-electron chi connectivity index (χ4n) is 1.45. The third-order valence-corrected chi connectivity index (χ3v) is 4.36. The maximum absolute atomic E-state index is 6.08. The van der Waals surface area contributed by atoms with E-state index in [1.54, 1.807) is 11.3 Å². The van der Waals surface area contributed by atoms with Gasteiger partial charge in [-0.05, 0) is 36.6 Å². The summed E-state index contributed by atoms with van der Waals surface area (Å²) in [5.41, 5.74) is 7.04. The third kappa shape index (κ3) is 2.69. The average Bonchev–Trinajstić information content (AvgIpc) is 2.68. The standard InChI is InChI=1S/C11H13ClN2S2/c1-15-5-4-8(13)11-14-9-6-7(12)2-3-10(9)16-11/h2-3,6,8H,4-5,13H2,1H3. The van der Waals surface area contributed by atoms with E-state index in [4.69, 9.17) is 17.3 Å². The number of rotatable bonds is 4. The van der Waals surface area contributed by atoms with Gasteiger partial charge >= 0.3 is 0 Å². The van der Waals surface area contributed by atoms with E-state index in [9.17, 15) is 0 Å². The van der Waals surface area contributed by atoms with Crippen LogP contribution in [0.2, 0.25) is 5.02 Å². The minimum absolute atomic E-state index is 0.0450. The number of thiazole rings is 1. The Morgan fingerprint density at radius 2 is 2.38 bits per heavy atom. The predicted molar refractivity (Wildman–Crippen MR) is 74.6 cm³/mol. The van der Waals surface area contributed by atoms with Gasteiger partial charge in [-0.1, -0.05) is 11.6 Å². The summed E-state index contributed by atoms with van der Waals surface area (Å²) in [5, 5.41) is 1.73. The first-order valence-electron chi connectivity index (χ1n) is 5.01. The quantitative estimate of drug-likeness (QED) is 0.922. The second-order valence-corrected chi connectivity index (χ2v) is 6.04. The van der Waals surface area contributed by atoms with Crippen LogP contribution in [0.4, 0.5) is 0 Å². The van der Waals surface area contributed by atoms with Crippen molar-refractivity contribution in [1.29, 1.82) is 0 Å². The Bertz CT molecular complexity index is 484. The number of nitrogens with zero attached hydrogens (tertiary/aromatic N) is 1. The van der Waals surface area contributed by atoms with Crippen LogP contribution in [-0.4, -0.2) is 17.0 Å². The van der Waals surface area contributed by atoms with E-state index in [0.717, 1.165) is 32.4 Å². The number of aromatic nitrogens is 1. The average molecular weight is 273 g/mol. The van der Waals surface area contributed by atoms with Crippen molar-refractivity contribution in [2.75, 3.05) is 12.0 Å². The lowest BCUT2D eigenvalue weighted by molar-refractivity contribution is 0.701. The van der Waals surface area contributed by atoms with Gasteiger partial charge in [-0.2, -0.15) is 11.8 Å². The maximum Gasteiger partial charge on any atom is 0.111 e. The lowest BCUT2D eigenvalue weighted by atomic mass is 10.2. The Morgan fingerprint density at radius 1 is 1.56 bits per heavy atom. The maximum atomic E-state index is 6.08. The van der Waals surface area contributed by atoms with Crippen LogP contribution in [0.25, 0.3) is 10.2 Å². The Kier molecular flexibility index (Phi) is 4.08.